The third-order valence-corrected chi connectivity index (χ3v) is 6.44. The van der Waals surface area contributed by atoms with Crippen molar-refractivity contribution < 1.29 is 9.15 Å². The molecule has 1 saturated carbocycles. The fourth-order valence-corrected chi connectivity index (χ4v) is 5.04. The van der Waals surface area contributed by atoms with E-state index >= 15 is 0 Å². The smallest absolute Gasteiger partial charge is 0.336 e. The molecule has 1 aliphatic carbocycles. The molecule has 1 aromatic carbocycles. The zero-order valence-corrected chi connectivity index (χ0v) is 16.8. The zero-order valence-electron chi connectivity index (χ0n) is 15.9. The monoisotopic (exact) mass is 384 g/mol. The molecule has 4 rings (SSSR count). The van der Waals surface area contributed by atoms with E-state index in [1.807, 2.05) is 12.1 Å². The van der Waals surface area contributed by atoms with E-state index in [1.54, 1.807) is 31.0 Å². The lowest BCUT2D eigenvalue weighted by atomic mass is 10.1. The van der Waals surface area contributed by atoms with Crippen molar-refractivity contribution in [1.29, 1.82) is 0 Å². The molecule has 0 unspecified atom stereocenters. The van der Waals surface area contributed by atoms with Gasteiger partial charge >= 0.3 is 5.63 Å². The summed E-state index contributed by atoms with van der Waals surface area (Å²) >= 11 is 1.70. The molecule has 142 valence electrons. The first-order chi connectivity index (χ1) is 13.1. The van der Waals surface area contributed by atoms with Crippen molar-refractivity contribution in [1.82, 2.24) is 9.55 Å². The van der Waals surface area contributed by atoms with Crippen LogP contribution in [0, 0.1) is 13.8 Å². The van der Waals surface area contributed by atoms with Gasteiger partial charge in [0.15, 0.2) is 5.16 Å². The van der Waals surface area contributed by atoms with Gasteiger partial charge < -0.3 is 13.7 Å². The van der Waals surface area contributed by atoms with Crippen molar-refractivity contribution >= 4 is 22.7 Å². The Bertz CT molecular complexity index is 1030. The average molecular weight is 385 g/mol. The van der Waals surface area contributed by atoms with Crippen LogP contribution in [-0.2, 0) is 5.75 Å². The highest BCUT2D eigenvalue weighted by atomic mass is 32.2. The standard InChI is InChI=1S/C21H24N2O3S/c1-13-14(2)23(16-6-4-5-7-16)21(22-13)27-12-15-10-20(24)26-19-11-17(25-3)8-9-18(15)19/h8-11,16H,4-7,12H2,1-3H3. The summed E-state index contributed by atoms with van der Waals surface area (Å²) in [5, 5.41) is 1.99. The second kappa shape index (κ2) is 7.43. The molecule has 0 radical (unpaired) electrons. The van der Waals surface area contributed by atoms with E-state index in [9.17, 15) is 4.79 Å². The maximum Gasteiger partial charge on any atom is 0.336 e. The molecule has 2 aromatic heterocycles. The number of aryl methyl sites for hydroxylation is 1. The zero-order chi connectivity index (χ0) is 19.0. The lowest BCUT2D eigenvalue weighted by Gasteiger charge is -2.17. The number of hydrogen-bond donors (Lipinski definition) is 0. The Balaban J connectivity index is 1.66. The van der Waals surface area contributed by atoms with Crippen LogP contribution in [0.25, 0.3) is 11.0 Å². The Morgan fingerprint density at radius 2 is 2.04 bits per heavy atom. The maximum atomic E-state index is 12.0. The molecule has 6 heteroatoms. The van der Waals surface area contributed by atoms with Gasteiger partial charge in [0.25, 0.3) is 0 Å². The van der Waals surface area contributed by atoms with E-state index in [0.717, 1.165) is 21.8 Å². The summed E-state index contributed by atoms with van der Waals surface area (Å²) in [4.78, 5) is 16.8. The molecule has 27 heavy (non-hydrogen) atoms. The molecule has 0 atom stereocenters. The highest BCUT2D eigenvalue weighted by molar-refractivity contribution is 7.98. The highest BCUT2D eigenvalue weighted by Gasteiger charge is 2.23. The summed E-state index contributed by atoms with van der Waals surface area (Å²) in [6, 6.07) is 7.75. The van der Waals surface area contributed by atoms with Gasteiger partial charge in [-0.05, 0) is 44.4 Å². The topological polar surface area (TPSA) is 57.3 Å². The highest BCUT2D eigenvalue weighted by Crippen LogP contribution is 2.36. The Hall–Kier alpha value is -2.21. The molecule has 5 nitrogen and oxygen atoms in total. The van der Waals surface area contributed by atoms with E-state index < -0.39 is 0 Å². The van der Waals surface area contributed by atoms with Crippen LogP contribution in [0.3, 0.4) is 0 Å². The fraction of sp³-hybridized carbons (Fsp3) is 0.429. The number of aromatic nitrogens is 2. The number of ether oxygens (including phenoxy) is 1. The van der Waals surface area contributed by atoms with Crippen molar-refractivity contribution in [2.75, 3.05) is 7.11 Å². The normalized spacial score (nSPS) is 14.9. The van der Waals surface area contributed by atoms with Crippen molar-refractivity contribution in [2.45, 2.75) is 56.5 Å². The van der Waals surface area contributed by atoms with Crippen LogP contribution in [-0.4, -0.2) is 16.7 Å². The van der Waals surface area contributed by atoms with Gasteiger partial charge in [-0.2, -0.15) is 0 Å². The molecule has 1 fully saturated rings. The SMILES string of the molecule is COc1ccc2c(CSc3nc(C)c(C)n3C3CCCC3)cc(=O)oc2c1. The molecule has 1 aliphatic rings. The quantitative estimate of drug-likeness (QED) is 0.456. The lowest BCUT2D eigenvalue weighted by molar-refractivity contribution is 0.414. The number of imidazole rings is 1. The molecule has 0 bridgehead atoms. The van der Waals surface area contributed by atoms with E-state index in [4.69, 9.17) is 14.1 Å². The minimum Gasteiger partial charge on any atom is -0.497 e. The van der Waals surface area contributed by atoms with Crippen LogP contribution in [0.2, 0.25) is 0 Å². The Morgan fingerprint density at radius 3 is 2.78 bits per heavy atom. The number of benzene rings is 1. The predicted octanol–water partition coefficient (Wildman–Crippen LogP) is 5.02. The van der Waals surface area contributed by atoms with Gasteiger partial charge in [0.2, 0.25) is 0 Å². The van der Waals surface area contributed by atoms with Crippen LogP contribution < -0.4 is 10.4 Å². The van der Waals surface area contributed by atoms with Crippen LogP contribution in [0.4, 0.5) is 0 Å². The Morgan fingerprint density at radius 1 is 1.26 bits per heavy atom. The van der Waals surface area contributed by atoms with Gasteiger partial charge in [-0.15, -0.1) is 0 Å². The van der Waals surface area contributed by atoms with Gasteiger partial charge in [-0.25, -0.2) is 9.78 Å². The third-order valence-electron chi connectivity index (χ3n) is 5.44. The largest absolute Gasteiger partial charge is 0.497 e. The summed E-state index contributed by atoms with van der Waals surface area (Å²) in [6.45, 7) is 4.23. The van der Waals surface area contributed by atoms with Gasteiger partial charge in [0, 0.05) is 35.0 Å². The van der Waals surface area contributed by atoms with Crippen LogP contribution >= 0.6 is 11.8 Å². The first-order valence-electron chi connectivity index (χ1n) is 9.36. The second-order valence-electron chi connectivity index (χ2n) is 7.11. The molecule has 0 amide bonds. The molecular weight excluding hydrogens is 360 g/mol. The number of hydrogen-bond acceptors (Lipinski definition) is 5. The first-order valence-corrected chi connectivity index (χ1v) is 10.3. The maximum absolute atomic E-state index is 12.0. The Labute approximate surface area is 162 Å². The van der Waals surface area contributed by atoms with Crippen LogP contribution in [0.15, 0.2) is 38.6 Å². The van der Waals surface area contributed by atoms with Crippen molar-refractivity contribution in [2.24, 2.45) is 0 Å². The summed E-state index contributed by atoms with van der Waals surface area (Å²) in [7, 11) is 1.60. The predicted molar refractivity (Wildman–Crippen MR) is 108 cm³/mol. The van der Waals surface area contributed by atoms with Crippen molar-refractivity contribution in [3.63, 3.8) is 0 Å². The van der Waals surface area contributed by atoms with Gasteiger partial charge in [-0.1, -0.05) is 24.6 Å². The van der Waals surface area contributed by atoms with Gasteiger partial charge in [-0.3, -0.25) is 0 Å². The van der Waals surface area contributed by atoms with E-state index in [0.29, 0.717) is 23.1 Å². The van der Waals surface area contributed by atoms with Crippen molar-refractivity contribution in [3.05, 3.63) is 51.6 Å². The molecule has 0 saturated heterocycles. The van der Waals surface area contributed by atoms with Gasteiger partial charge in [0.1, 0.15) is 11.3 Å². The number of nitrogens with zero attached hydrogens (tertiary/aromatic N) is 2. The van der Waals surface area contributed by atoms with Crippen LogP contribution in [0.5, 0.6) is 5.75 Å². The molecular formula is C21H24N2O3S. The number of fused-ring (bicyclic) bond motifs is 1. The summed E-state index contributed by atoms with van der Waals surface area (Å²) < 4.78 is 13.0. The fourth-order valence-electron chi connectivity index (χ4n) is 3.89. The summed E-state index contributed by atoms with van der Waals surface area (Å²) in [5.74, 6) is 1.36. The minimum atomic E-state index is -0.335. The first kappa shape index (κ1) is 18.2. The number of rotatable bonds is 5. The molecule has 0 N–H and O–H groups in total. The lowest BCUT2D eigenvalue weighted by Crippen LogP contribution is -2.08. The van der Waals surface area contributed by atoms with E-state index in [2.05, 4.69) is 18.4 Å². The Kier molecular flexibility index (Phi) is 5.00. The second-order valence-corrected chi connectivity index (χ2v) is 8.06. The molecule has 0 aliphatic heterocycles. The molecule has 2 heterocycles. The van der Waals surface area contributed by atoms with E-state index in [1.165, 1.54) is 31.4 Å². The average Bonchev–Trinajstić information content (AvgIpc) is 3.27. The van der Waals surface area contributed by atoms with E-state index in [-0.39, 0.29) is 5.63 Å². The molecule has 0 spiro atoms. The minimum absolute atomic E-state index is 0.335. The number of methoxy groups -OCH3 is 1. The third kappa shape index (κ3) is 3.50. The van der Waals surface area contributed by atoms with Crippen LogP contribution in [0.1, 0.15) is 48.7 Å². The number of thioether (sulfide) groups is 1. The van der Waals surface area contributed by atoms with Crippen molar-refractivity contribution in [3.8, 4) is 5.75 Å². The summed E-state index contributed by atoms with van der Waals surface area (Å²) in [6.07, 6.45) is 5.03. The van der Waals surface area contributed by atoms with Gasteiger partial charge in [0.05, 0.1) is 12.8 Å². The summed E-state index contributed by atoms with van der Waals surface area (Å²) in [5.41, 5.74) is 3.53. The molecule has 3 aromatic rings.